The Morgan fingerprint density at radius 2 is 2.14 bits per heavy atom. The van der Waals surface area contributed by atoms with Crippen molar-refractivity contribution in [2.45, 2.75) is 0 Å². The summed E-state index contributed by atoms with van der Waals surface area (Å²) in [6.45, 7) is 0. The summed E-state index contributed by atoms with van der Waals surface area (Å²) in [6, 6.07) is 8.95. The molecule has 0 radical (unpaired) electrons. The molecule has 0 aliphatic carbocycles. The molecule has 3 rings (SSSR count). The Morgan fingerprint density at radius 3 is 2.86 bits per heavy atom. The van der Waals surface area contributed by atoms with Gasteiger partial charge in [0.25, 0.3) is 0 Å². The van der Waals surface area contributed by atoms with Crippen LogP contribution in [0.1, 0.15) is 4.88 Å². The lowest BCUT2D eigenvalue weighted by Crippen LogP contribution is -1.88. The maximum absolute atomic E-state index is 13.8. The Labute approximate surface area is 122 Å². The molecule has 0 saturated carbocycles. The Bertz CT molecular complexity index is 886. The van der Waals surface area contributed by atoms with Gasteiger partial charge in [0.15, 0.2) is 11.6 Å². The van der Waals surface area contributed by atoms with E-state index < -0.39 is 5.82 Å². The number of nitroso groups, excluding NO2 is 1. The van der Waals surface area contributed by atoms with Gasteiger partial charge in [-0.1, -0.05) is 0 Å². The predicted octanol–water partition coefficient (Wildman–Crippen LogP) is 4.50. The van der Waals surface area contributed by atoms with Crippen LogP contribution < -0.4 is 4.74 Å². The monoisotopic (exact) mass is 299 g/mol. The first-order chi connectivity index (χ1) is 10.2. The smallest absolute Gasteiger partial charge is 0.167 e. The van der Waals surface area contributed by atoms with Gasteiger partial charge in [-0.15, -0.1) is 16.2 Å². The van der Waals surface area contributed by atoms with Crippen LogP contribution in [0.25, 0.3) is 10.2 Å². The lowest BCUT2D eigenvalue weighted by molar-refractivity contribution is 0.447. The van der Waals surface area contributed by atoms with Crippen molar-refractivity contribution in [2.75, 3.05) is 0 Å². The van der Waals surface area contributed by atoms with Crippen molar-refractivity contribution >= 4 is 27.2 Å². The Morgan fingerprint density at radius 1 is 1.29 bits per heavy atom. The maximum atomic E-state index is 13.8. The zero-order valence-electron chi connectivity index (χ0n) is 10.4. The molecule has 0 aliphatic heterocycles. The van der Waals surface area contributed by atoms with Gasteiger partial charge in [0.05, 0.1) is 10.2 Å². The standard InChI is InChI=1S/C14H6FN3O2S/c15-10-5-8(18-19)1-2-12(10)20-13-3-4-17-11-6-9(7-16)21-14(11)13/h1-6H. The predicted molar refractivity (Wildman–Crippen MR) is 76.3 cm³/mol. The molecule has 0 bridgehead atoms. The normalized spacial score (nSPS) is 10.3. The summed E-state index contributed by atoms with van der Waals surface area (Å²) < 4.78 is 20.0. The van der Waals surface area contributed by atoms with Crippen LogP contribution in [0.5, 0.6) is 11.5 Å². The summed E-state index contributed by atoms with van der Waals surface area (Å²) in [4.78, 5) is 15.0. The fraction of sp³-hybridized carbons (Fsp3) is 0. The van der Waals surface area contributed by atoms with Crippen molar-refractivity contribution in [1.82, 2.24) is 4.98 Å². The molecule has 0 fully saturated rings. The number of hydrogen-bond donors (Lipinski definition) is 0. The number of nitrogens with zero attached hydrogens (tertiary/aromatic N) is 3. The molecule has 0 saturated heterocycles. The number of ether oxygens (including phenoxy) is 1. The molecule has 0 unspecified atom stereocenters. The molecular formula is C14H6FN3O2S. The van der Waals surface area contributed by atoms with Gasteiger partial charge in [-0.25, -0.2) is 4.39 Å². The number of halogens is 1. The second-order valence-electron chi connectivity index (χ2n) is 4.05. The molecule has 102 valence electrons. The minimum atomic E-state index is -0.686. The van der Waals surface area contributed by atoms with E-state index in [1.165, 1.54) is 29.7 Å². The number of thiophene rings is 1. The second-order valence-corrected chi connectivity index (χ2v) is 5.11. The maximum Gasteiger partial charge on any atom is 0.167 e. The lowest BCUT2D eigenvalue weighted by atomic mass is 10.3. The topological polar surface area (TPSA) is 75.3 Å². The van der Waals surface area contributed by atoms with E-state index in [-0.39, 0.29) is 11.4 Å². The Hall–Kier alpha value is -2.85. The molecule has 21 heavy (non-hydrogen) atoms. The SMILES string of the molecule is N#Cc1cc2nccc(Oc3ccc(N=O)cc3F)c2s1. The molecule has 0 amide bonds. The first kappa shape index (κ1) is 13.1. The molecule has 2 aromatic heterocycles. The van der Waals surface area contributed by atoms with Gasteiger partial charge < -0.3 is 4.74 Å². The minimum absolute atomic E-state index is 0.0115. The van der Waals surface area contributed by atoms with E-state index in [4.69, 9.17) is 10.00 Å². The zero-order chi connectivity index (χ0) is 14.8. The van der Waals surface area contributed by atoms with Crippen molar-refractivity contribution in [3.63, 3.8) is 0 Å². The summed E-state index contributed by atoms with van der Waals surface area (Å²) in [6.07, 6.45) is 1.52. The number of fused-ring (bicyclic) bond motifs is 1. The fourth-order valence-corrected chi connectivity index (χ4v) is 2.66. The van der Waals surface area contributed by atoms with Gasteiger partial charge in [0.1, 0.15) is 22.4 Å². The summed E-state index contributed by atoms with van der Waals surface area (Å²) in [7, 11) is 0. The van der Waals surface area contributed by atoms with Crippen LogP contribution in [0.4, 0.5) is 10.1 Å². The molecule has 2 heterocycles. The lowest BCUT2D eigenvalue weighted by Gasteiger charge is -2.07. The van der Waals surface area contributed by atoms with E-state index in [0.717, 1.165) is 6.07 Å². The highest BCUT2D eigenvalue weighted by Gasteiger charge is 2.12. The average molecular weight is 299 g/mol. The number of rotatable bonds is 3. The van der Waals surface area contributed by atoms with Crippen LogP contribution in [0.2, 0.25) is 0 Å². The molecule has 0 N–H and O–H groups in total. The molecule has 5 nitrogen and oxygen atoms in total. The molecular weight excluding hydrogens is 293 g/mol. The van der Waals surface area contributed by atoms with Crippen LogP contribution in [0, 0.1) is 22.1 Å². The number of nitriles is 1. The van der Waals surface area contributed by atoms with E-state index >= 15 is 0 Å². The largest absolute Gasteiger partial charge is 0.453 e. The van der Waals surface area contributed by atoms with Crippen molar-refractivity contribution in [2.24, 2.45) is 5.18 Å². The first-order valence-corrected chi connectivity index (χ1v) is 6.62. The minimum Gasteiger partial charge on any atom is -0.453 e. The van der Waals surface area contributed by atoms with Crippen molar-refractivity contribution < 1.29 is 9.13 Å². The molecule has 7 heteroatoms. The van der Waals surface area contributed by atoms with E-state index in [1.807, 2.05) is 6.07 Å². The summed E-state index contributed by atoms with van der Waals surface area (Å²) in [5.74, 6) is -0.312. The molecule has 1 aromatic carbocycles. The van der Waals surface area contributed by atoms with Crippen LogP contribution in [0.3, 0.4) is 0 Å². The van der Waals surface area contributed by atoms with Crippen molar-refractivity contribution in [3.8, 4) is 17.6 Å². The first-order valence-electron chi connectivity index (χ1n) is 5.80. The second kappa shape index (κ2) is 5.26. The van der Waals surface area contributed by atoms with Crippen LogP contribution in [-0.4, -0.2) is 4.98 Å². The van der Waals surface area contributed by atoms with Crippen LogP contribution in [0.15, 0.2) is 41.7 Å². The number of pyridine rings is 1. The number of benzene rings is 1. The Kier molecular flexibility index (Phi) is 3.30. The Balaban J connectivity index is 2.04. The fourth-order valence-electron chi connectivity index (χ4n) is 1.80. The van der Waals surface area contributed by atoms with Gasteiger partial charge >= 0.3 is 0 Å². The van der Waals surface area contributed by atoms with Crippen LogP contribution in [-0.2, 0) is 0 Å². The third-order valence-corrected chi connectivity index (χ3v) is 3.77. The molecule has 0 aliphatic rings. The van der Waals surface area contributed by atoms with Gasteiger partial charge in [-0.2, -0.15) is 5.26 Å². The van der Waals surface area contributed by atoms with Crippen molar-refractivity contribution in [1.29, 1.82) is 5.26 Å². The van der Waals surface area contributed by atoms with E-state index in [1.54, 1.807) is 12.1 Å². The zero-order valence-corrected chi connectivity index (χ0v) is 11.2. The highest BCUT2D eigenvalue weighted by molar-refractivity contribution is 7.19. The van der Waals surface area contributed by atoms with E-state index in [0.29, 0.717) is 20.8 Å². The highest BCUT2D eigenvalue weighted by Crippen LogP contribution is 2.35. The number of aromatic nitrogens is 1. The number of hydrogen-bond acceptors (Lipinski definition) is 6. The van der Waals surface area contributed by atoms with E-state index in [9.17, 15) is 9.30 Å². The van der Waals surface area contributed by atoms with Crippen molar-refractivity contribution in [3.05, 3.63) is 52.1 Å². The molecule has 0 spiro atoms. The average Bonchev–Trinajstić information content (AvgIpc) is 2.93. The highest BCUT2D eigenvalue weighted by atomic mass is 32.1. The third-order valence-electron chi connectivity index (χ3n) is 2.73. The molecule has 3 aromatic rings. The third kappa shape index (κ3) is 2.44. The summed E-state index contributed by atoms with van der Waals surface area (Å²) >= 11 is 1.22. The van der Waals surface area contributed by atoms with Gasteiger partial charge in [-0.3, -0.25) is 4.98 Å². The quantitative estimate of drug-likeness (QED) is 0.667. The summed E-state index contributed by atoms with van der Waals surface area (Å²) in [5.41, 5.74) is 0.600. The van der Waals surface area contributed by atoms with Gasteiger partial charge in [-0.05, 0) is 23.4 Å². The van der Waals surface area contributed by atoms with Crippen LogP contribution >= 0.6 is 11.3 Å². The van der Waals surface area contributed by atoms with Gasteiger partial charge in [0, 0.05) is 18.3 Å². The van der Waals surface area contributed by atoms with E-state index in [2.05, 4.69) is 10.2 Å². The van der Waals surface area contributed by atoms with Gasteiger partial charge in [0.2, 0.25) is 0 Å². The molecule has 0 atom stereocenters. The summed E-state index contributed by atoms with van der Waals surface area (Å²) in [5, 5.41) is 11.6.